The number of thiophene rings is 1. The molecule has 4 nitrogen and oxygen atoms in total. The standard InChI is InChI=1S/C26H44O4SSi2/c1-24(2,3)32(7,8)29-21-20-16-26(23(27)28-20,30-33(9,10)25(4,5)6)19-15-18(31-22(19)21)14-13-17-11-12-17/h15,17,20-21H,11-14,16H2,1-10H3/t20-,21+,26-/m1/s1. The summed E-state index contributed by atoms with van der Waals surface area (Å²) in [6.07, 6.45) is 5.21. The number of carbonyl (C=O) groups excluding carboxylic acids is 1. The Hall–Kier alpha value is -0.476. The van der Waals surface area contributed by atoms with Crippen molar-refractivity contribution in [3.05, 3.63) is 21.4 Å². The number of rotatable bonds is 7. The third kappa shape index (κ3) is 4.57. The van der Waals surface area contributed by atoms with Gasteiger partial charge in [-0.15, -0.1) is 11.3 Å². The lowest BCUT2D eigenvalue weighted by molar-refractivity contribution is -0.155. The van der Waals surface area contributed by atoms with Crippen molar-refractivity contribution in [1.82, 2.24) is 0 Å². The van der Waals surface area contributed by atoms with E-state index in [0.717, 1.165) is 17.9 Å². The number of aryl methyl sites for hydroxylation is 1. The highest BCUT2D eigenvalue weighted by atomic mass is 32.1. The van der Waals surface area contributed by atoms with Crippen molar-refractivity contribution in [3.8, 4) is 0 Å². The summed E-state index contributed by atoms with van der Waals surface area (Å²) < 4.78 is 20.0. The quantitative estimate of drug-likeness (QED) is 0.279. The SMILES string of the molecule is CC(C)(C)[Si](C)(C)O[C@@H]1c2sc(CCC3CC3)cc2[C@]2(O[Si](C)(C)C(C)(C)C)C[C@H]1OC2=O. The van der Waals surface area contributed by atoms with Gasteiger partial charge < -0.3 is 13.6 Å². The van der Waals surface area contributed by atoms with E-state index in [4.69, 9.17) is 13.6 Å². The van der Waals surface area contributed by atoms with Crippen LogP contribution in [0, 0.1) is 5.92 Å². The highest BCUT2D eigenvalue weighted by Crippen LogP contribution is 2.58. The molecule has 0 radical (unpaired) electrons. The van der Waals surface area contributed by atoms with Gasteiger partial charge in [0.1, 0.15) is 12.2 Å². The van der Waals surface area contributed by atoms with Crippen LogP contribution in [-0.2, 0) is 30.4 Å². The Labute approximate surface area is 207 Å². The average Bonchev–Trinajstić information content (AvgIpc) is 3.29. The Bertz CT molecular complexity index is 920. The zero-order valence-electron chi connectivity index (χ0n) is 22.4. The lowest BCUT2D eigenvalue weighted by Crippen LogP contribution is -2.52. The Morgan fingerprint density at radius 2 is 1.67 bits per heavy atom. The smallest absolute Gasteiger partial charge is 0.342 e. The minimum absolute atomic E-state index is 0.0135. The van der Waals surface area contributed by atoms with E-state index in [-0.39, 0.29) is 28.3 Å². The molecule has 1 saturated carbocycles. The van der Waals surface area contributed by atoms with Crippen LogP contribution in [0.15, 0.2) is 6.07 Å². The summed E-state index contributed by atoms with van der Waals surface area (Å²) in [5.41, 5.74) is 0.0792. The summed E-state index contributed by atoms with van der Waals surface area (Å²) in [6, 6.07) is 2.28. The molecule has 3 aliphatic rings. The van der Waals surface area contributed by atoms with Crippen molar-refractivity contribution < 1.29 is 18.4 Å². The van der Waals surface area contributed by atoms with Crippen molar-refractivity contribution in [2.75, 3.05) is 0 Å². The largest absolute Gasteiger partial charge is 0.457 e. The van der Waals surface area contributed by atoms with Crippen LogP contribution in [0.4, 0.5) is 0 Å². The molecule has 0 spiro atoms. The molecule has 2 aliphatic carbocycles. The van der Waals surface area contributed by atoms with E-state index >= 15 is 0 Å². The van der Waals surface area contributed by atoms with Crippen LogP contribution in [-0.4, -0.2) is 28.7 Å². The Morgan fingerprint density at radius 1 is 1.06 bits per heavy atom. The van der Waals surface area contributed by atoms with Gasteiger partial charge in [0.25, 0.3) is 0 Å². The van der Waals surface area contributed by atoms with Gasteiger partial charge in [-0.05, 0) is 61.1 Å². The van der Waals surface area contributed by atoms with E-state index in [2.05, 4.69) is 73.8 Å². The van der Waals surface area contributed by atoms with Gasteiger partial charge in [-0.2, -0.15) is 0 Å². The summed E-state index contributed by atoms with van der Waals surface area (Å²) >= 11 is 1.85. The maximum Gasteiger partial charge on any atom is 0.342 e. The fourth-order valence-electron chi connectivity index (χ4n) is 4.41. The molecular formula is C26H44O4SSi2. The first-order valence-corrected chi connectivity index (χ1v) is 19.3. The van der Waals surface area contributed by atoms with Gasteiger partial charge in [0.05, 0.1) is 0 Å². The second-order valence-electron chi connectivity index (χ2n) is 13.6. The maximum atomic E-state index is 13.6. The monoisotopic (exact) mass is 508 g/mol. The minimum Gasteiger partial charge on any atom is -0.457 e. The van der Waals surface area contributed by atoms with Gasteiger partial charge in [-0.1, -0.05) is 54.4 Å². The maximum absolute atomic E-state index is 13.6. The number of hydrogen-bond acceptors (Lipinski definition) is 5. The third-order valence-corrected chi connectivity index (χ3v) is 19.1. The molecule has 4 rings (SSSR count). The van der Waals surface area contributed by atoms with Crippen LogP contribution in [0.2, 0.25) is 36.3 Å². The number of fused-ring (bicyclic) bond motifs is 4. The van der Waals surface area contributed by atoms with E-state index in [1.165, 1.54) is 29.0 Å². The van der Waals surface area contributed by atoms with Gasteiger partial charge in [-0.3, -0.25) is 0 Å². The molecule has 0 N–H and O–H groups in total. The van der Waals surface area contributed by atoms with E-state index in [0.29, 0.717) is 6.42 Å². The molecule has 1 aromatic heterocycles. The van der Waals surface area contributed by atoms with Crippen LogP contribution in [0.25, 0.3) is 0 Å². The topological polar surface area (TPSA) is 44.8 Å². The van der Waals surface area contributed by atoms with Crippen molar-refractivity contribution >= 4 is 33.9 Å². The molecule has 1 aromatic rings. The van der Waals surface area contributed by atoms with Gasteiger partial charge in [-0.25, -0.2) is 4.79 Å². The summed E-state index contributed by atoms with van der Waals surface area (Å²) in [5.74, 6) is 0.689. The first kappa shape index (κ1) is 25.6. The van der Waals surface area contributed by atoms with Crippen LogP contribution < -0.4 is 0 Å². The van der Waals surface area contributed by atoms with E-state index in [9.17, 15) is 4.79 Å². The van der Waals surface area contributed by atoms with Gasteiger partial charge >= 0.3 is 5.97 Å². The second-order valence-corrected chi connectivity index (χ2v) is 24.3. The zero-order chi connectivity index (χ0) is 24.6. The van der Waals surface area contributed by atoms with E-state index in [1.54, 1.807) is 0 Å². The lowest BCUT2D eigenvalue weighted by Gasteiger charge is -2.45. The fourth-order valence-corrected chi connectivity index (χ4v) is 8.54. The molecule has 1 aliphatic heterocycles. The fraction of sp³-hybridized carbons (Fsp3) is 0.808. The predicted molar refractivity (Wildman–Crippen MR) is 141 cm³/mol. The summed E-state index contributed by atoms with van der Waals surface area (Å²) in [6.45, 7) is 22.6. The lowest BCUT2D eigenvalue weighted by atomic mass is 9.83. The van der Waals surface area contributed by atoms with Gasteiger partial charge in [0, 0.05) is 21.7 Å². The molecule has 2 fully saturated rings. The molecule has 3 atom stereocenters. The molecule has 33 heavy (non-hydrogen) atoms. The van der Waals surface area contributed by atoms with Gasteiger partial charge in [0.15, 0.2) is 22.2 Å². The molecule has 2 bridgehead atoms. The first-order chi connectivity index (χ1) is 15.0. The molecule has 1 saturated heterocycles. The average molecular weight is 509 g/mol. The highest BCUT2D eigenvalue weighted by Gasteiger charge is 2.63. The second kappa shape index (κ2) is 8.02. The Kier molecular flexibility index (Phi) is 6.22. The summed E-state index contributed by atoms with van der Waals surface area (Å²) in [5, 5.41) is 0.105. The van der Waals surface area contributed by atoms with Crippen LogP contribution >= 0.6 is 11.3 Å². The Balaban J connectivity index is 1.76. The number of esters is 1. The van der Waals surface area contributed by atoms with Crippen molar-refractivity contribution in [2.45, 2.75) is 128 Å². The van der Waals surface area contributed by atoms with E-state index in [1.807, 2.05) is 11.3 Å². The summed E-state index contributed by atoms with van der Waals surface area (Å²) in [4.78, 5) is 16.1. The molecular weight excluding hydrogens is 465 g/mol. The van der Waals surface area contributed by atoms with Crippen LogP contribution in [0.1, 0.15) is 88.6 Å². The zero-order valence-corrected chi connectivity index (χ0v) is 25.2. The highest BCUT2D eigenvalue weighted by molar-refractivity contribution is 7.12. The third-order valence-electron chi connectivity index (χ3n) is 8.88. The van der Waals surface area contributed by atoms with Crippen molar-refractivity contribution in [3.63, 3.8) is 0 Å². The molecule has 0 amide bonds. The molecule has 0 aromatic carbocycles. The Morgan fingerprint density at radius 3 is 2.21 bits per heavy atom. The summed E-state index contributed by atoms with van der Waals surface area (Å²) in [7, 11) is -4.27. The molecule has 186 valence electrons. The minimum atomic E-state index is -2.21. The number of carbonyl (C=O) groups is 1. The molecule has 2 heterocycles. The van der Waals surface area contributed by atoms with Crippen molar-refractivity contribution in [2.24, 2.45) is 5.92 Å². The number of ether oxygens (including phenoxy) is 1. The van der Waals surface area contributed by atoms with Gasteiger partial charge in [0.2, 0.25) is 0 Å². The molecule has 0 unspecified atom stereocenters. The van der Waals surface area contributed by atoms with E-state index < -0.39 is 22.2 Å². The number of hydrogen-bond donors (Lipinski definition) is 0. The first-order valence-electron chi connectivity index (χ1n) is 12.7. The van der Waals surface area contributed by atoms with Crippen molar-refractivity contribution in [1.29, 1.82) is 0 Å². The van der Waals surface area contributed by atoms with Crippen LogP contribution in [0.3, 0.4) is 0 Å². The molecule has 7 heteroatoms. The predicted octanol–water partition coefficient (Wildman–Crippen LogP) is 7.70. The normalized spacial score (nSPS) is 28.1. The van der Waals surface area contributed by atoms with Crippen LogP contribution in [0.5, 0.6) is 0 Å².